The van der Waals surface area contributed by atoms with Crippen molar-refractivity contribution >= 4 is 21.4 Å². The summed E-state index contributed by atoms with van der Waals surface area (Å²) in [4.78, 5) is 10.0. The Balaban J connectivity index is 2.00. The van der Waals surface area contributed by atoms with Crippen LogP contribution in [-0.2, 0) is 16.4 Å². The van der Waals surface area contributed by atoms with Gasteiger partial charge < -0.3 is 5.32 Å². The highest BCUT2D eigenvalue weighted by atomic mass is 32.2. The highest BCUT2D eigenvalue weighted by molar-refractivity contribution is 7.89. The number of fused-ring (bicyclic) bond motifs is 1. The van der Waals surface area contributed by atoms with E-state index in [0.717, 1.165) is 30.0 Å². The predicted octanol–water partition coefficient (Wildman–Crippen LogP) is 2.87. The molecule has 0 aliphatic heterocycles. The van der Waals surface area contributed by atoms with Gasteiger partial charge in [-0.3, -0.25) is 10.1 Å². The summed E-state index contributed by atoms with van der Waals surface area (Å²) in [7, 11) is -4.09. The van der Waals surface area contributed by atoms with Gasteiger partial charge in [0.15, 0.2) is 0 Å². The molecule has 0 saturated carbocycles. The van der Waals surface area contributed by atoms with Gasteiger partial charge in [-0.1, -0.05) is 6.07 Å². The second-order valence-corrected chi connectivity index (χ2v) is 7.51. The average Bonchev–Trinajstić information content (AvgIpc) is 2.54. The second kappa shape index (κ2) is 6.41. The number of nitro groups is 1. The van der Waals surface area contributed by atoms with Gasteiger partial charge in [0, 0.05) is 17.8 Å². The number of primary sulfonamides is 1. The first kappa shape index (κ1) is 17.3. The highest BCUT2D eigenvalue weighted by Gasteiger charge is 2.23. The van der Waals surface area contributed by atoms with E-state index in [1.54, 1.807) is 6.07 Å². The van der Waals surface area contributed by atoms with Crippen molar-refractivity contribution in [2.75, 3.05) is 5.32 Å². The summed E-state index contributed by atoms with van der Waals surface area (Å²) in [5.41, 5.74) is 1.64. The van der Waals surface area contributed by atoms with Crippen molar-refractivity contribution in [2.24, 2.45) is 5.14 Å². The molecule has 0 fully saturated rings. The molecule has 3 rings (SSSR count). The Labute approximate surface area is 143 Å². The van der Waals surface area contributed by atoms with Gasteiger partial charge in [0.05, 0.1) is 15.9 Å². The number of rotatable bonds is 4. The van der Waals surface area contributed by atoms with Crippen molar-refractivity contribution < 1.29 is 17.7 Å². The molecule has 0 saturated heterocycles. The molecular weight excluding hydrogens is 349 g/mol. The van der Waals surface area contributed by atoms with Crippen molar-refractivity contribution in [1.29, 1.82) is 0 Å². The largest absolute Gasteiger partial charge is 0.378 e. The summed E-state index contributed by atoms with van der Waals surface area (Å²) in [6.07, 6.45) is 2.39. The lowest BCUT2D eigenvalue weighted by Gasteiger charge is -2.27. The monoisotopic (exact) mass is 365 g/mol. The third-order valence-electron chi connectivity index (χ3n) is 4.19. The molecule has 7 nitrogen and oxygen atoms in total. The van der Waals surface area contributed by atoms with Gasteiger partial charge in [0.2, 0.25) is 10.0 Å². The van der Waals surface area contributed by atoms with Gasteiger partial charge >= 0.3 is 0 Å². The molecule has 1 aliphatic carbocycles. The van der Waals surface area contributed by atoms with Crippen LogP contribution in [0, 0.1) is 15.9 Å². The van der Waals surface area contributed by atoms with E-state index in [0.29, 0.717) is 6.42 Å². The van der Waals surface area contributed by atoms with Crippen LogP contribution in [-0.4, -0.2) is 13.3 Å². The lowest BCUT2D eigenvalue weighted by molar-refractivity contribution is -0.385. The van der Waals surface area contributed by atoms with E-state index in [4.69, 9.17) is 5.14 Å². The minimum absolute atomic E-state index is 0.250. The van der Waals surface area contributed by atoms with Crippen LogP contribution in [0.5, 0.6) is 0 Å². The van der Waals surface area contributed by atoms with E-state index in [1.165, 1.54) is 24.3 Å². The molecule has 0 spiro atoms. The first-order valence-electron chi connectivity index (χ1n) is 7.61. The molecule has 132 valence electrons. The van der Waals surface area contributed by atoms with E-state index < -0.39 is 14.9 Å². The van der Waals surface area contributed by atoms with Gasteiger partial charge in [-0.15, -0.1) is 0 Å². The van der Waals surface area contributed by atoms with Crippen molar-refractivity contribution in [3.05, 3.63) is 63.5 Å². The van der Waals surface area contributed by atoms with Crippen LogP contribution in [0.1, 0.15) is 30.0 Å². The number of hydrogen-bond acceptors (Lipinski definition) is 5. The van der Waals surface area contributed by atoms with Crippen LogP contribution in [0.3, 0.4) is 0 Å². The zero-order valence-corrected chi connectivity index (χ0v) is 13.9. The normalized spacial score (nSPS) is 17.0. The molecule has 0 amide bonds. The molecule has 0 aromatic heterocycles. The summed E-state index contributed by atoms with van der Waals surface area (Å²) >= 11 is 0. The van der Waals surface area contributed by atoms with E-state index in [1.807, 2.05) is 0 Å². The molecule has 9 heteroatoms. The molecule has 0 bridgehead atoms. The number of halogens is 1. The highest BCUT2D eigenvalue weighted by Crippen LogP contribution is 2.34. The third-order valence-corrected chi connectivity index (χ3v) is 5.09. The van der Waals surface area contributed by atoms with Crippen LogP contribution in [0.25, 0.3) is 0 Å². The molecule has 25 heavy (non-hydrogen) atoms. The van der Waals surface area contributed by atoms with Gasteiger partial charge in [-0.25, -0.2) is 17.9 Å². The van der Waals surface area contributed by atoms with Gasteiger partial charge in [0.1, 0.15) is 5.82 Å². The summed E-state index contributed by atoms with van der Waals surface area (Å²) in [6, 6.07) is 7.68. The quantitative estimate of drug-likeness (QED) is 0.638. The van der Waals surface area contributed by atoms with E-state index >= 15 is 0 Å². The fourth-order valence-electron chi connectivity index (χ4n) is 3.06. The van der Waals surface area contributed by atoms with Crippen LogP contribution >= 0.6 is 0 Å². The maximum atomic E-state index is 13.6. The Morgan fingerprint density at radius 2 is 2.00 bits per heavy atom. The number of aryl methyl sites for hydroxylation is 1. The molecule has 3 N–H and O–H groups in total. The number of nitro benzene ring substituents is 1. The molecule has 1 aliphatic rings. The second-order valence-electron chi connectivity index (χ2n) is 5.95. The summed E-state index contributed by atoms with van der Waals surface area (Å²) < 4.78 is 36.7. The minimum atomic E-state index is -4.09. The van der Waals surface area contributed by atoms with Crippen LogP contribution < -0.4 is 10.5 Å². The van der Waals surface area contributed by atoms with E-state index in [-0.39, 0.29) is 28.1 Å². The Bertz CT molecular complexity index is 946. The first-order chi connectivity index (χ1) is 11.7. The lowest BCUT2D eigenvalue weighted by atomic mass is 9.87. The Morgan fingerprint density at radius 1 is 1.24 bits per heavy atom. The fraction of sp³-hybridized carbons (Fsp3) is 0.250. The molecule has 2 aromatic rings. The molecular formula is C16H16FN3O4S. The lowest BCUT2D eigenvalue weighted by Crippen LogP contribution is -2.18. The predicted molar refractivity (Wildman–Crippen MR) is 90.2 cm³/mol. The zero-order chi connectivity index (χ0) is 18.2. The molecule has 2 aromatic carbocycles. The van der Waals surface area contributed by atoms with Crippen molar-refractivity contribution in [3.8, 4) is 0 Å². The molecule has 0 heterocycles. The maximum Gasteiger partial charge on any atom is 0.272 e. The number of nitrogens with zero attached hydrogens (tertiary/aromatic N) is 1. The van der Waals surface area contributed by atoms with Gasteiger partial charge in [0.25, 0.3) is 5.69 Å². The number of non-ortho nitro benzene ring substituents is 1. The third kappa shape index (κ3) is 3.77. The topological polar surface area (TPSA) is 115 Å². The van der Waals surface area contributed by atoms with Crippen molar-refractivity contribution in [3.63, 3.8) is 0 Å². The number of anilines is 1. The van der Waals surface area contributed by atoms with E-state index in [9.17, 15) is 22.9 Å². The Morgan fingerprint density at radius 3 is 2.68 bits per heavy atom. The van der Waals surface area contributed by atoms with Crippen molar-refractivity contribution in [2.45, 2.75) is 30.2 Å². The average molecular weight is 365 g/mol. The summed E-state index contributed by atoms with van der Waals surface area (Å²) in [5, 5.41) is 19.2. The molecule has 1 unspecified atom stereocenters. The minimum Gasteiger partial charge on any atom is -0.378 e. The number of nitrogens with two attached hydrogens (primary N) is 1. The molecule has 1 atom stereocenters. The summed E-state index contributed by atoms with van der Waals surface area (Å²) in [6.45, 7) is 0. The first-order valence-corrected chi connectivity index (χ1v) is 9.16. The van der Waals surface area contributed by atoms with E-state index in [2.05, 4.69) is 5.32 Å². The Hall–Kier alpha value is -2.52. The standard InChI is InChI=1S/C16H16FN3O4S/c17-11-5-4-10-2-1-3-16(15(10)6-11)19-12-7-13(20(21)22)9-14(8-12)25(18,23)24/h4-9,16,19H,1-3H2,(H2,18,23,24). The van der Waals surface area contributed by atoms with Gasteiger partial charge in [-0.2, -0.15) is 0 Å². The number of benzene rings is 2. The zero-order valence-electron chi connectivity index (χ0n) is 13.1. The SMILES string of the molecule is NS(=O)(=O)c1cc(NC2CCCc3ccc(F)cc32)cc([N+](=O)[O-])c1. The summed E-state index contributed by atoms with van der Waals surface area (Å²) in [5.74, 6) is -0.364. The van der Waals surface area contributed by atoms with Crippen LogP contribution in [0.2, 0.25) is 0 Å². The van der Waals surface area contributed by atoms with Crippen LogP contribution in [0.15, 0.2) is 41.3 Å². The number of sulfonamides is 1. The molecule has 0 radical (unpaired) electrons. The fourth-order valence-corrected chi connectivity index (χ4v) is 3.63. The van der Waals surface area contributed by atoms with Gasteiger partial charge in [-0.05, 0) is 48.6 Å². The maximum absolute atomic E-state index is 13.6. The number of nitrogens with one attached hydrogen (secondary N) is 1. The van der Waals surface area contributed by atoms with Crippen molar-refractivity contribution in [1.82, 2.24) is 0 Å². The number of hydrogen-bond donors (Lipinski definition) is 2. The Kier molecular flexibility index (Phi) is 4.44. The smallest absolute Gasteiger partial charge is 0.272 e. The van der Waals surface area contributed by atoms with Crippen LogP contribution in [0.4, 0.5) is 15.8 Å².